The van der Waals surface area contributed by atoms with Gasteiger partial charge < -0.3 is 5.73 Å². The number of nitrogens with zero attached hydrogens (tertiary/aromatic N) is 4. The van der Waals surface area contributed by atoms with Crippen LogP contribution in [-0.4, -0.2) is 20.2 Å². The first-order chi connectivity index (χ1) is 7.59. The Labute approximate surface area is 92.1 Å². The molecule has 0 unspecified atom stereocenters. The van der Waals surface area contributed by atoms with E-state index in [9.17, 15) is 4.39 Å². The lowest BCUT2D eigenvalue weighted by atomic mass is 10.2. The van der Waals surface area contributed by atoms with Gasteiger partial charge in [0, 0.05) is 11.6 Å². The number of halogens is 1. The molecule has 0 atom stereocenters. The molecule has 0 saturated heterocycles. The van der Waals surface area contributed by atoms with Gasteiger partial charge in [0.1, 0.15) is 5.69 Å². The summed E-state index contributed by atoms with van der Waals surface area (Å²) in [6, 6.07) is 4.43. The molecule has 0 aliphatic carbocycles. The molecule has 1 aromatic heterocycles. The number of tetrazole rings is 1. The number of hydrogen-bond acceptors (Lipinski definition) is 4. The second kappa shape index (κ2) is 3.88. The number of benzene rings is 1. The molecular weight excluding hydrogens is 209 g/mol. The van der Waals surface area contributed by atoms with Crippen molar-refractivity contribution in [3.63, 3.8) is 0 Å². The lowest BCUT2D eigenvalue weighted by molar-refractivity contribution is 0.598. The zero-order valence-electron chi connectivity index (χ0n) is 9.05. The summed E-state index contributed by atoms with van der Waals surface area (Å²) in [6.07, 6.45) is 0. The van der Waals surface area contributed by atoms with Gasteiger partial charge >= 0.3 is 0 Å². The number of nitrogen functional groups attached to an aromatic ring is 1. The number of anilines is 1. The molecule has 1 aromatic carbocycles. The average molecular weight is 221 g/mol. The van der Waals surface area contributed by atoms with Gasteiger partial charge in [0.2, 0.25) is 0 Å². The molecule has 6 heteroatoms. The van der Waals surface area contributed by atoms with E-state index in [-0.39, 0.29) is 5.92 Å². The molecule has 5 nitrogen and oxygen atoms in total. The summed E-state index contributed by atoms with van der Waals surface area (Å²) in [6.45, 7) is 3.88. The van der Waals surface area contributed by atoms with Gasteiger partial charge in [0.15, 0.2) is 11.6 Å². The number of aromatic nitrogens is 4. The highest BCUT2D eigenvalue weighted by Gasteiger charge is 2.14. The van der Waals surface area contributed by atoms with Crippen LogP contribution >= 0.6 is 0 Å². The Morgan fingerprint density at radius 2 is 2.12 bits per heavy atom. The summed E-state index contributed by atoms with van der Waals surface area (Å²) in [5.74, 6) is 0.296. The highest BCUT2D eigenvalue weighted by Crippen LogP contribution is 2.19. The van der Waals surface area contributed by atoms with E-state index < -0.39 is 5.82 Å². The lowest BCUT2D eigenvalue weighted by Gasteiger charge is -2.07. The van der Waals surface area contributed by atoms with E-state index >= 15 is 0 Å². The van der Waals surface area contributed by atoms with E-state index in [1.54, 1.807) is 12.1 Å². The molecule has 0 saturated carbocycles. The van der Waals surface area contributed by atoms with Crippen LogP contribution < -0.4 is 5.73 Å². The summed E-state index contributed by atoms with van der Waals surface area (Å²) >= 11 is 0. The summed E-state index contributed by atoms with van der Waals surface area (Å²) in [5, 5.41) is 11.2. The minimum atomic E-state index is -0.436. The summed E-state index contributed by atoms with van der Waals surface area (Å²) in [5.41, 5.74) is 6.16. The Morgan fingerprint density at radius 1 is 1.38 bits per heavy atom. The van der Waals surface area contributed by atoms with E-state index in [2.05, 4.69) is 15.5 Å². The summed E-state index contributed by atoms with van der Waals surface area (Å²) < 4.78 is 15.0. The van der Waals surface area contributed by atoms with E-state index in [4.69, 9.17) is 5.73 Å². The van der Waals surface area contributed by atoms with Crippen molar-refractivity contribution < 1.29 is 4.39 Å². The van der Waals surface area contributed by atoms with Crippen molar-refractivity contribution in [3.05, 3.63) is 29.8 Å². The van der Waals surface area contributed by atoms with Gasteiger partial charge in [-0.15, -0.1) is 5.10 Å². The Bertz CT molecular complexity index is 506. The Balaban J connectivity index is 2.54. The van der Waals surface area contributed by atoms with Crippen molar-refractivity contribution in [2.75, 3.05) is 5.73 Å². The van der Waals surface area contributed by atoms with Crippen LogP contribution in [0.1, 0.15) is 25.6 Å². The minimum absolute atomic E-state index is 0.118. The van der Waals surface area contributed by atoms with Crippen LogP contribution in [-0.2, 0) is 0 Å². The molecule has 0 aliphatic heterocycles. The molecule has 16 heavy (non-hydrogen) atoms. The number of hydrogen-bond donors (Lipinski definition) is 1. The Kier molecular flexibility index (Phi) is 2.55. The molecule has 1 heterocycles. The van der Waals surface area contributed by atoms with Crippen molar-refractivity contribution in [1.29, 1.82) is 0 Å². The van der Waals surface area contributed by atoms with Crippen molar-refractivity contribution in [2.24, 2.45) is 0 Å². The smallest absolute Gasteiger partial charge is 0.159 e. The first-order valence-electron chi connectivity index (χ1n) is 4.93. The maximum Gasteiger partial charge on any atom is 0.159 e. The first kappa shape index (κ1) is 10.5. The van der Waals surface area contributed by atoms with Crippen molar-refractivity contribution in [3.8, 4) is 5.69 Å². The van der Waals surface area contributed by atoms with Crippen LogP contribution in [0.25, 0.3) is 5.69 Å². The predicted octanol–water partition coefficient (Wildman–Crippen LogP) is 1.51. The molecule has 0 bridgehead atoms. The topological polar surface area (TPSA) is 69.6 Å². The fourth-order valence-corrected chi connectivity index (χ4v) is 1.42. The molecule has 2 aromatic rings. The van der Waals surface area contributed by atoms with Crippen LogP contribution in [0, 0.1) is 5.82 Å². The van der Waals surface area contributed by atoms with E-state index in [1.807, 2.05) is 13.8 Å². The maximum absolute atomic E-state index is 13.7. The van der Waals surface area contributed by atoms with Crippen molar-refractivity contribution in [2.45, 2.75) is 19.8 Å². The average Bonchev–Trinajstić information content (AvgIpc) is 2.66. The quantitative estimate of drug-likeness (QED) is 0.780. The van der Waals surface area contributed by atoms with Crippen LogP contribution in [0.15, 0.2) is 18.2 Å². The van der Waals surface area contributed by atoms with Gasteiger partial charge in [-0.2, -0.15) is 4.68 Å². The van der Waals surface area contributed by atoms with E-state index in [0.29, 0.717) is 17.2 Å². The largest absolute Gasteiger partial charge is 0.399 e. The van der Waals surface area contributed by atoms with Crippen molar-refractivity contribution in [1.82, 2.24) is 20.2 Å². The lowest BCUT2D eigenvalue weighted by Crippen LogP contribution is -2.07. The standard InChI is InChI=1S/C10H12FN5/c1-6(2)10-13-14-15-16(10)9-4-3-7(12)5-8(9)11/h3-6H,12H2,1-2H3. The Morgan fingerprint density at radius 3 is 2.75 bits per heavy atom. The Hall–Kier alpha value is -1.98. The predicted molar refractivity (Wildman–Crippen MR) is 57.6 cm³/mol. The SMILES string of the molecule is CC(C)c1nnnn1-c1ccc(N)cc1F. The molecule has 84 valence electrons. The normalized spacial score (nSPS) is 11.0. The number of rotatable bonds is 2. The van der Waals surface area contributed by atoms with Crippen LogP contribution in [0.2, 0.25) is 0 Å². The van der Waals surface area contributed by atoms with Gasteiger partial charge in [0.25, 0.3) is 0 Å². The van der Waals surface area contributed by atoms with Gasteiger partial charge in [-0.1, -0.05) is 13.8 Å². The fraction of sp³-hybridized carbons (Fsp3) is 0.300. The van der Waals surface area contributed by atoms with E-state index in [0.717, 1.165) is 0 Å². The van der Waals surface area contributed by atoms with Crippen molar-refractivity contribution >= 4 is 5.69 Å². The molecule has 0 radical (unpaired) electrons. The highest BCUT2D eigenvalue weighted by atomic mass is 19.1. The van der Waals surface area contributed by atoms with Crippen LogP contribution in [0.4, 0.5) is 10.1 Å². The summed E-state index contributed by atoms with van der Waals surface area (Å²) in [4.78, 5) is 0. The van der Waals surface area contributed by atoms with Crippen LogP contribution in [0.3, 0.4) is 0 Å². The monoisotopic (exact) mass is 221 g/mol. The van der Waals surface area contributed by atoms with Gasteiger partial charge in [-0.05, 0) is 28.6 Å². The second-order valence-corrected chi connectivity index (χ2v) is 3.81. The second-order valence-electron chi connectivity index (χ2n) is 3.81. The molecule has 0 spiro atoms. The highest BCUT2D eigenvalue weighted by molar-refractivity contribution is 5.46. The minimum Gasteiger partial charge on any atom is -0.399 e. The third-order valence-electron chi connectivity index (χ3n) is 2.21. The van der Waals surface area contributed by atoms with E-state index in [1.165, 1.54) is 10.7 Å². The molecule has 2 rings (SSSR count). The molecule has 0 amide bonds. The zero-order chi connectivity index (χ0) is 11.7. The van der Waals surface area contributed by atoms with Gasteiger partial charge in [0.05, 0.1) is 0 Å². The molecule has 0 aliphatic rings. The molecule has 2 N–H and O–H groups in total. The summed E-state index contributed by atoms with van der Waals surface area (Å²) in [7, 11) is 0. The fourth-order valence-electron chi connectivity index (χ4n) is 1.42. The van der Waals surface area contributed by atoms with Gasteiger partial charge in [-0.25, -0.2) is 4.39 Å². The zero-order valence-corrected chi connectivity index (χ0v) is 9.05. The molecule has 0 fully saturated rings. The third kappa shape index (κ3) is 1.73. The van der Waals surface area contributed by atoms with Crippen LogP contribution in [0.5, 0.6) is 0 Å². The number of nitrogens with two attached hydrogens (primary N) is 1. The van der Waals surface area contributed by atoms with Gasteiger partial charge in [-0.3, -0.25) is 0 Å². The third-order valence-corrected chi connectivity index (χ3v) is 2.21. The molecular formula is C10H12FN5. The first-order valence-corrected chi connectivity index (χ1v) is 4.93. The maximum atomic E-state index is 13.7.